The van der Waals surface area contributed by atoms with Crippen molar-refractivity contribution >= 4 is 26.5 Å². The van der Waals surface area contributed by atoms with Gasteiger partial charge in [-0.05, 0) is 18.5 Å². The molecule has 0 bridgehead atoms. The maximum Gasteiger partial charge on any atom is 0.299 e. The molecule has 9 heteroatoms. The molecule has 0 atom stereocenters. The summed E-state index contributed by atoms with van der Waals surface area (Å²) in [5.41, 5.74) is 1.38. The van der Waals surface area contributed by atoms with Crippen molar-refractivity contribution in [3.05, 3.63) is 16.0 Å². The van der Waals surface area contributed by atoms with Gasteiger partial charge in [-0.1, -0.05) is 0 Å². The fraction of sp³-hybridized carbons (Fsp3) is 0.545. The molecule has 110 valence electrons. The van der Waals surface area contributed by atoms with Crippen LogP contribution in [0.25, 0.3) is 0 Å². The van der Waals surface area contributed by atoms with Crippen molar-refractivity contribution in [1.29, 1.82) is 5.26 Å². The molecule has 3 N–H and O–H groups in total. The van der Waals surface area contributed by atoms with Gasteiger partial charge < -0.3 is 10.1 Å². The number of anilines is 1. The normalized spacial score (nSPS) is 14.6. The Balaban J connectivity index is 2.17. The second kappa shape index (κ2) is 6.51. The minimum atomic E-state index is -3.68. The molecule has 0 saturated carbocycles. The smallest absolute Gasteiger partial charge is 0.299 e. The first-order valence-electron chi connectivity index (χ1n) is 6.09. The van der Waals surface area contributed by atoms with Gasteiger partial charge in [0.05, 0.1) is 12.2 Å². The molecule has 0 fully saturated rings. The standard InChI is InChI=1S/C11H16N4O3S2/c1-18-5-4-14-20(16,17)15-11-9(6-12)8-2-3-13-7-10(8)19-11/h13-15H,2-5,7H2,1H3. The van der Waals surface area contributed by atoms with Gasteiger partial charge in [-0.3, -0.25) is 4.72 Å². The molecular formula is C11H16N4O3S2. The lowest BCUT2D eigenvalue weighted by molar-refractivity contribution is 0.204. The van der Waals surface area contributed by atoms with Gasteiger partial charge in [-0.2, -0.15) is 18.4 Å². The summed E-state index contributed by atoms with van der Waals surface area (Å²) in [6.45, 7) is 1.95. The van der Waals surface area contributed by atoms with Gasteiger partial charge in [0.15, 0.2) is 0 Å². The predicted molar refractivity (Wildman–Crippen MR) is 76.9 cm³/mol. The Morgan fingerprint density at radius 1 is 1.55 bits per heavy atom. The number of hydrogen-bond donors (Lipinski definition) is 3. The summed E-state index contributed by atoms with van der Waals surface area (Å²) in [5, 5.41) is 12.8. The molecule has 1 aromatic rings. The summed E-state index contributed by atoms with van der Waals surface area (Å²) in [4.78, 5) is 1.02. The number of methoxy groups -OCH3 is 1. The van der Waals surface area contributed by atoms with E-state index >= 15 is 0 Å². The van der Waals surface area contributed by atoms with E-state index in [0.717, 1.165) is 23.4 Å². The summed E-state index contributed by atoms with van der Waals surface area (Å²) in [6.07, 6.45) is 0.744. The van der Waals surface area contributed by atoms with E-state index in [1.54, 1.807) is 0 Å². The number of thiophene rings is 1. The second-order valence-electron chi connectivity index (χ2n) is 4.24. The van der Waals surface area contributed by atoms with E-state index in [0.29, 0.717) is 17.1 Å². The lowest BCUT2D eigenvalue weighted by Gasteiger charge is -2.11. The third-order valence-corrected chi connectivity index (χ3v) is 5.20. The Bertz CT molecular complexity index is 618. The number of nitrogens with one attached hydrogen (secondary N) is 3. The van der Waals surface area contributed by atoms with Crippen LogP contribution in [0.15, 0.2) is 0 Å². The molecule has 1 aliphatic heterocycles. The lowest BCUT2D eigenvalue weighted by Crippen LogP contribution is -2.32. The number of hydrogen-bond acceptors (Lipinski definition) is 6. The van der Waals surface area contributed by atoms with Gasteiger partial charge in [-0.25, -0.2) is 0 Å². The molecule has 0 aliphatic carbocycles. The minimum Gasteiger partial charge on any atom is -0.383 e. The van der Waals surface area contributed by atoms with E-state index in [2.05, 4.69) is 20.8 Å². The maximum atomic E-state index is 11.9. The van der Waals surface area contributed by atoms with Gasteiger partial charge in [-0.15, -0.1) is 11.3 Å². The van der Waals surface area contributed by atoms with Gasteiger partial charge in [0.25, 0.3) is 10.2 Å². The van der Waals surface area contributed by atoms with Crippen LogP contribution in [-0.2, 0) is 27.9 Å². The quantitative estimate of drug-likeness (QED) is 0.649. The van der Waals surface area contributed by atoms with Crippen LogP contribution < -0.4 is 14.8 Å². The monoisotopic (exact) mass is 316 g/mol. The number of nitriles is 1. The van der Waals surface area contributed by atoms with E-state index < -0.39 is 10.2 Å². The molecule has 2 heterocycles. The molecule has 7 nitrogen and oxygen atoms in total. The number of fused-ring (bicyclic) bond motifs is 1. The number of rotatable bonds is 6. The van der Waals surface area contributed by atoms with Crippen molar-refractivity contribution in [2.45, 2.75) is 13.0 Å². The van der Waals surface area contributed by atoms with Crippen molar-refractivity contribution in [2.24, 2.45) is 0 Å². The van der Waals surface area contributed by atoms with E-state index in [-0.39, 0.29) is 13.2 Å². The van der Waals surface area contributed by atoms with Crippen LogP contribution in [0.3, 0.4) is 0 Å². The molecule has 0 spiro atoms. The van der Waals surface area contributed by atoms with Crippen molar-refractivity contribution < 1.29 is 13.2 Å². The van der Waals surface area contributed by atoms with E-state index in [9.17, 15) is 13.7 Å². The molecule has 0 unspecified atom stereocenters. The Kier molecular flexibility index (Phi) is 4.95. The highest BCUT2D eigenvalue weighted by Crippen LogP contribution is 2.35. The first-order chi connectivity index (χ1) is 9.57. The topological polar surface area (TPSA) is 103 Å². The van der Waals surface area contributed by atoms with E-state index in [4.69, 9.17) is 4.74 Å². The first-order valence-corrected chi connectivity index (χ1v) is 8.39. The minimum absolute atomic E-state index is 0.181. The molecule has 2 rings (SSSR count). The average molecular weight is 316 g/mol. The highest BCUT2D eigenvalue weighted by Gasteiger charge is 2.23. The van der Waals surface area contributed by atoms with Gasteiger partial charge in [0.1, 0.15) is 11.1 Å². The van der Waals surface area contributed by atoms with Gasteiger partial charge in [0.2, 0.25) is 0 Å². The second-order valence-corrected chi connectivity index (χ2v) is 6.84. The van der Waals surface area contributed by atoms with Crippen LogP contribution in [0.4, 0.5) is 5.00 Å². The van der Waals surface area contributed by atoms with Gasteiger partial charge in [0, 0.05) is 25.1 Å². The highest BCUT2D eigenvalue weighted by atomic mass is 32.2. The molecule has 20 heavy (non-hydrogen) atoms. The van der Waals surface area contributed by atoms with Crippen LogP contribution in [0.2, 0.25) is 0 Å². The lowest BCUT2D eigenvalue weighted by atomic mass is 10.1. The molecule has 0 amide bonds. The molecule has 1 aliphatic rings. The highest BCUT2D eigenvalue weighted by molar-refractivity contribution is 7.91. The van der Waals surface area contributed by atoms with Crippen LogP contribution in [-0.4, -0.2) is 35.2 Å². The van der Waals surface area contributed by atoms with E-state index in [1.807, 2.05) is 0 Å². The third kappa shape index (κ3) is 3.47. The summed E-state index contributed by atoms with van der Waals surface area (Å²) in [5.74, 6) is 0. The fourth-order valence-electron chi connectivity index (χ4n) is 1.96. The summed E-state index contributed by atoms with van der Waals surface area (Å²) in [7, 11) is -2.18. The van der Waals surface area contributed by atoms with Crippen molar-refractivity contribution in [3.63, 3.8) is 0 Å². The van der Waals surface area contributed by atoms with Crippen molar-refractivity contribution in [1.82, 2.24) is 10.0 Å². The molecule has 1 aromatic heterocycles. The van der Waals surface area contributed by atoms with Crippen molar-refractivity contribution in [2.75, 3.05) is 31.5 Å². The zero-order valence-corrected chi connectivity index (χ0v) is 12.7. The largest absolute Gasteiger partial charge is 0.383 e. The SMILES string of the molecule is COCCNS(=O)(=O)Nc1sc2c(c1C#N)CCNC2. The van der Waals surface area contributed by atoms with Crippen molar-refractivity contribution in [3.8, 4) is 6.07 Å². The Hall–Kier alpha value is -1.18. The molecule has 0 radical (unpaired) electrons. The molecule has 0 saturated heterocycles. The number of nitrogens with zero attached hydrogens (tertiary/aromatic N) is 1. The van der Waals surface area contributed by atoms with Crippen LogP contribution >= 0.6 is 11.3 Å². The Morgan fingerprint density at radius 3 is 3.05 bits per heavy atom. The van der Waals surface area contributed by atoms with Crippen LogP contribution in [0.1, 0.15) is 16.0 Å². The summed E-state index contributed by atoms with van der Waals surface area (Å²) in [6, 6.07) is 2.10. The third-order valence-electron chi connectivity index (χ3n) is 2.87. The first kappa shape index (κ1) is 15.2. The van der Waals surface area contributed by atoms with Crippen LogP contribution in [0, 0.1) is 11.3 Å². The fourth-order valence-corrected chi connectivity index (χ4v) is 4.25. The zero-order valence-electron chi connectivity index (χ0n) is 11.0. The van der Waals surface area contributed by atoms with Crippen LogP contribution in [0.5, 0.6) is 0 Å². The van der Waals surface area contributed by atoms with Gasteiger partial charge >= 0.3 is 0 Å². The Labute approximate surface area is 122 Å². The zero-order chi connectivity index (χ0) is 14.6. The molecular weight excluding hydrogens is 300 g/mol. The Morgan fingerprint density at radius 2 is 2.35 bits per heavy atom. The predicted octanol–water partition coefficient (Wildman–Crippen LogP) is 0.158. The number of ether oxygens (including phenoxy) is 1. The maximum absolute atomic E-state index is 11.9. The van der Waals surface area contributed by atoms with E-state index in [1.165, 1.54) is 18.4 Å². The molecule has 0 aromatic carbocycles. The summed E-state index contributed by atoms with van der Waals surface area (Å²) < 4.78 is 33.3. The summed E-state index contributed by atoms with van der Waals surface area (Å²) >= 11 is 1.31. The average Bonchev–Trinajstić information content (AvgIpc) is 2.75.